The van der Waals surface area contributed by atoms with Gasteiger partial charge >= 0.3 is 0 Å². The van der Waals surface area contributed by atoms with E-state index < -0.39 is 9.84 Å². The summed E-state index contributed by atoms with van der Waals surface area (Å²) in [6.45, 7) is 9.21. The van der Waals surface area contributed by atoms with E-state index in [0.29, 0.717) is 16.9 Å². The Labute approximate surface area is 122 Å². The fourth-order valence-electron chi connectivity index (χ4n) is 1.81. The van der Waals surface area contributed by atoms with Crippen molar-refractivity contribution in [2.45, 2.75) is 38.3 Å². The van der Waals surface area contributed by atoms with Crippen molar-refractivity contribution in [3.05, 3.63) is 29.8 Å². The first kappa shape index (κ1) is 17.1. The number of sulfone groups is 1. The molecule has 2 N–H and O–H groups in total. The first-order valence-corrected chi connectivity index (χ1v) is 8.91. The minimum absolute atomic E-state index is 0.368. The van der Waals surface area contributed by atoms with Crippen molar-refractivity contribution in [3.63, 3.8) is 0 Å². The molecule has 0 aliphatic heterocycles. The summed E-state index contributed by atoms with van der Waals surface area (Å²) in [7, 11) is -3.10. The Morgan fingerprint density at radius 3 is 2.15 bits per heavy atom. The number of rotatable bonds is 8. The minimum Gasteiger partial charge on any atom is -0.315 e. The molecule has 0 bridgehead atoms. The molecule has 0 aliphatic carbocycles. The van der Waals surface area contributed by atoms with Crippen LogP contribution in [0.25, 0.3) is 0 Å². The van der Waals surface area contributed by atoms with Crippen LogP contribution in [0.5, 0.6) is 0 Å². The first-order chi connectivity index (χ1) is 9.29. The van der Waals surface area contributed by atoms with Gasteiger partial charge in [-0.1, -0.05) is 26.0 Å². The van der Waals surface area contributed by atoms with Gasteiger partial charge in [0.1, 0.15) is 0 Å². The topological polar surface area (TPSA) is 58.2 Å². The molecule has 1 rings (SSSR count). The van der Waals surface area contributed by atoms with Gasteiger partial charge in [-0.15, -0.1) is 0 Å². The predicted molar refractivity (Wildman–Crippen MR) is 83.6 cm³/mol. The van der Waals surface area contributed by atoms with Gasteiger partial charge in [0, 0.05) is 25.4 Å². The van der Waals surface area contributed by atoms with Crippen molar-refractivity contribution < 1.29 is 8.42 Å². The van der Waals surface area contributed by atoms with Crippen LogP contribution in [0.1, 0.15) is 26.3 Å². The zero-order valence-corrected chi connectivity index (χ0v) is 13.6. The maximum atomic E-state index is 11.4. The van der Waals surface area contributed by atoms with Crippen molar-refractivity contribution in [1.29, 1.82) is 0 Å². The lowest BCUT2D eigenvalue weighted by atomic mass is 10.2. The van der Waals surface area contributed by atoms with Crippen LogP contribution in [0.3, 0.4) is 0 Å². The zero-order valence-electron chi connectivity index (χ0n) is 12.8. The Hall–Kier alpha value is -0.910. The molecule has 1 aromatic rings. The van der Waals surface area contributed by atoms with Gasteiger partial charge in [0.25, 0.3) is 0 Å². The number of hydrogen-bond donors (Lipinski definition) is 2. The van der Waals surface area contributed by atoms with Crippen molar-refractivity contribution in [2.24, 2.45) is 5.92 Å². The maximum absolute atomic E-state index is 11.4. The molecule has 0 saturated heterocycles. The summed E-state index contributed by atoms with van der Waals surface area (Å²) in [6.07, 6.45) is 1.22. The molecular formula is C15H26N2O2S. The van der Waals surface area contributed by atoms with E-state index >= 15 is 0 Å². The molecule has 0 heterocycles. The van der Waals surface area contributed by atoms with E-state index in [1.165, 1.54) is 6.26 Å². The second-order valence-corrected chi connectivity index (χ2v) is 7.77. The summed E-state index contributed by atoms with van der Waals surface area (Å²) in [5, 5.41) is 6.83. The van der Waals surface area contributed by atoms with E-state index in [9.17, 15) is 8.42 Å². The third kappa shape index (κ3) is 6.50. The minimum atomic E-state index is -3.10. The second-order valence-electron chi connectivity index (χ2n) is 5.75. The number of hydrogen-bond acceptors (Lipinski definition) is 4. The van der Waals surface area contributed by atoms with Gasteiger partial charge in [-0.2, -0.15) is 0 Å². The quantitative estimate of drug-likeness (QED) is 0.768. The molecule has 0 radical (unpaired) electrons. The third-order valence-corrected chi connectivity index (χ3v) is 4.14. The maximum Gasteiger partial charge on any atom is 0.175 e. The molecule has 1 atom stereocenters. The van der Waals surface area contributed by atoms with Crippen LogP contribution >= 0.6 is 0 Å². The highest BCUT2D eigenvalue weighted by molar-refractivity contribution is 7.90. The van der Waals surface area contributed by atoms with Crippen LogP contribution < -0.4 is 10.6 Å². The molecule has 20 heavy (non-hydrogen) atoms. The molecule has 0 saturated carbocycles. The molecule has 0 fully saturated rings. The Kier molecular flexibility index (Phi) is 6.65. The molecule has 0 amide bonds. The van der Waals surface area contributed by atoms with E-state index in [1.54, 1.807) is 12.1 Å². The molecule has 5 heteroatoms. The van der Waals surface area contributed by atoms with E-state index in [2.05, 4.69) is 31.4 Å². The SMILES string of the molecule is CC(C)CNCC(C)NCc1ccc(S(C)(=O)=O)cc1. The van der Waals surface area contributed by atoms with Gasteiger partial charge in [0.05, 0.1) is 4.90 Å². The van der Waals surface area contributed by atoms with Crippen molar-refractivity contribution in [2.75, 3.05) is 19.3 Å². The highest BCUT2D eigenvalue weighted by atomic mass is 32.2. The summed E-state index contributed by atoms with van der Waals surface area (Å²) in [5.41, 5.74) is 1.09. The first-order valence-electron chi connectivity index (χ1n) is 7.02. The highest BCUT2D eigenvalue weighted by Gasteiger charge is 2.06. The van der Waals surface area contributed by atoms with Crippen LogP contribution in [0.15, 0.2) is 29.2 Å². The molecule has 1 unspecified atom stereocenters. The monoisotopic (exact) mass is 298 g/mol. The van der Waals surface area contributed by atoms with E-state index in [-0.39, 0.29) is 0 Å². The Balaban J connectivity index is 2.38. The van der Waals surface area contributed by atoms with Gasteiger partial charge in [0.2, 0.25) is 0 Å². The number of benzene rings is 1. The summed E-state index contributed by atoms with van der Waals surface area (Å²) in [5.74, 6) is 0.658. The molecule has 0 aromatic heterocycles. The fraction of sp³-hybridized carbons (Fsp3) is 0.600. The van der Waals surface area contributed by atoms with E-state index in [0.717, 1.165) is 25.2 Å². The molecular weight excluding hydrogens is 272 g/mol. The summed E-state index contributed by atoms with van der Waals surface area (Å²) in [4.78, 5) is 0.368. The molecule has 1 aromatic carbocycles. The van der Waals surface area contributed by atoms with Gasteiger partial charge < -0.3 is 10.6 Å². The standard InChI is InChI=1S/C15H26N2O2S/c1-12(2)9-16-10-13(3)17-11-14-5-7-15(8-6-14)20(4,18)19/h5-8,12-13,16-17H,9-11H2,1-4H3. The molecule has 4 nitrogen and oxygen atoms in total. The van der Waals surface area contributed by atoms with Crippen LogP contribution in [0, 0.1) is 5.92 Å². The van der Waals surface area contributed by atoms with Crippen LogP contribution in [-0.2, 0) is 16.4 Å². The van der Waals surface area contributed by atoms with Gasteiger partial charge in [-0.05, 0) is 37.1 Å². The van der Waals surface area contributed by atoms with E-state index in [4.69, 9.17) is 0 Å². The zero-order chi connectivity index (χ0) is 15.2. The lowest BCUT2D eigenvalue weighted by molar-refractivity contribution is 0.472. The Bertz CT molecular complexity index is 495. The van der Waals surface area contributed by atoms with Crippen LogP contribution in [0.2, 0.25) is 0 Å². The summed E-state index contributed by atoms with van der Waals surface area (Å²) >= 11 is 0. The largest absolute Gasteiger partial charge is 0.315 e. The molecule has 0 aliphatic rings. The summed E-state index contributed by atoms with van der Waals surface area (Å²) < 4.78 is 22.7. The van der Waals surface area contributed by atoms with Gasteiger partial charge in [-0.3, -0.25) is 0 Å². The van der Waals surface area contributed by atoms with Crippen LogP contribution in [0.4, 0.5) is 0 Å². The lowest BCUT2D eigenvalue weighted by Crippen LogP contribution is -2.37. The number of nitrogens with one attached hydrogen (secondary N) is 2. The average molecular weight is 298 g/mol. The highest BCUT2D eigenvalue weighted by Crippen LogP contribution is 2.10. The van der Waals surface area contributed by atoms with Crippen molar-refractivity contribution in [1.82, 2.24) is 10.6 Å². The predicted octanol–water partition coefficient (Wildman–Crippen LogP) is 1.81. The molecule has 0 spiro atoms. The van der Waals surface area contributed by atoms with Gasteiger partial charge in [0.15, 0.2) is 9.84 Å². The Morgan fingerprint density at radius 2 is 1.65 bits per heavy atom. The van der Waals surface area contributed by atoms with Crippen molar-refractivity contribution >= 4 is 9.84 Å². The lowest BCUT2D eigenvalue weighted by Gasteiger charge is -2.16. The fourth-order valence-corrected chi connectivity index (χ4v) is 2.44. The smallest absolute Gasteiger partial charge is 0.175 e. The van der Waals surface area contributed by atoms with Crippen molar-refractivity contribution in [3.8, 4) is 0 Å². The second kappa shape index (κ2) is 7.76. The summed E-state index contributed by atoms with van der Waals surface area (Å²) in [6, 6.07) is 7.42. The van der Waals surface area contributed by atoms with E-state index in [1.807, 2.05) is 12.1 Å². The molecule has 114 valence electrons. The third-order valence-electron chi connectivity index (χ3n) is 3.01. The Morgan fingerprint density at radius 1 is 1.05 bits per heavy atom. The normalized spacial score (nSPS) is 13.7. The van der Waals surface area contributed by atoms with Crippen LogP contribution in [-0.4, -0.2) is 33.8 Å². The van der Waals surface area contributed by atoms with Gasteiger partial charge in [-0.25, -0.2) is 8.42 Å². The average Bonchev–Trinajstić information content (AvgIpc) is 2.35.